The van der Waals surface area contributed by atoms with Crippen molar-refractivity contribution < 1.29 is 23.7 Å². The van der Waals surface area contributed by atoms with Crippen LogP contribution in [0.4, 0.5) is 0 Å². The smallest absolute Gasteiger partial charge is 0.187 e. The van der Waals surface area contributed by atoms with E-state index >= 15 is 0 Å². The molecule has 2 aliphatic rings. The molecular weight excluding hydrogens is 260 g/mol. The normalized spacial score (nSPS) is 35.7. The minimum Gasteiger partial charge on any atom is -0.369 e. The molecule has 0 aliphatic carbocycles. The lowest BCUT2D eigenvalue weighted by atomic mass is 10.0. The highest BCUT2D eigenvalue weighted by atomic mass is 16.8. The topological polar surface area (TPSA) is 46.2 Å². The highest BCUT2D eigenvalue weighted by Gasteiger charge is 2.52. The molecule has 20 heavy (non-hydrogen) atoms. The van der Waals surface area contributed by atoms with E-state index < -0.39 is 6.29 Å². The molecule has 0 amide bonds. The third-order valence-electron chi connectivity index (χ3n) is 3.24. The minimum atomic E-state index is -0.418. The van der Waals surface area contributed by atoms with Crippen molar-refractivity contribution in [2.24, 2.45) is 0 Å². The zero-order valence-electron chi connectivity index (χ0n) is 11.6. The maximum absolute atomic E-state index is 5.84. The fourth-order valence-electron chi connectivity index (χ4n) is 2.44. The molecule has 0 unspecified atom stereocenters. The maximum atomic E-state index is 5.84. The van der Waals surface area contributed by atoms with E-state index in [9.17, 15) is 0 Å². The molecule has 2 rings (SSSR count). The van der Waals surface area contributed by atoms with E-state index in [1.54, 1.807) is 18.2 Å². The number of hydrogen-bond donors (Lipinski definition) is 0. The Balaban J connectivity index is 2.10. The largest absolute Gasteiger partial charge is 0.369 e. The molecule has 2 heterocycles. The predicted octanol–water partition coefficient (Wildman–Crippen LogP) is 1.46. The van der Waals surface area contributed by atoms with Crippen molar-refractivity contribution in [3.05, 3.63) is 38.0 Å². The first-order chi connectivity index (χ1) is 9.81. The molecule has 0 N–H and O–H groups in total. The fraction of sp³-hybridized carbons (Fsp3) is 0.600. The van der Waals surface area contributed by atoms with E-state index in [-0.39, 0.29) is 24.4 Å². The second-order valence-corrected chi connectivity index (χ2v) is 4.64. The Bertz CT molecular complexity index is 317. The molecule has 5 heteroatoms. The lowest BCUT2D eigenvalue weighted by Gasteiger charge is -2.40. The first kappa shape index (κ1) is 15.4. The highest BCUT2D eigenvalue weighted by Crippen LogP contribution is 2.33. The summed E-state index contributed by atoms with van der Waals surface area (Å²) in [6.45, 7) is 12.7. The van der Waals surface area contributed by atoms with Crippen molar-refractivity contribution in [1.82, 2.24) is 0 Å². The van der Waals surface area contributed by atoms with Crippen LogP contribution in [0.5, 0.6) is 0 Å². The van der Waals surface area contributed by atoms with Gasteiger partial charge in [-0.05, 0) is 0 Å². The van der Waals surface area contributed by atoms with Crippen molar-refractivity contribution in [2.45, 2.75) is 30.7 Å². The van der Waals surface area contributed by atoms with E-state index in [1.807, 2.05) is 0 Å². The van der Waals surface area contributed by atoms with Crippen LogP contribution in [0.3, 0.4) is 0 Å². The van der Waals surface area contributed by atoms with Gasteiger partial charge < -0.3 is 23.7 Å². The molecule has 0 aromatic heterocycles. The summed E-state index contributed by atoms with van der Waals surface area (Å²) in [6, 6.07) is 0. The van der Waals surface area contributed by atoms with E-state index in [0.717, 1.165) is 0 Å². The zero-order chi connectivity index (χ0) is 14.4. The van der Waals surface area contributed by atoms with Crippen LogP contribution in [-0.2, 0) is 23.7 Å². The van der Waals surface area contributed by atoms with Gasteiger partial charge in [-0.25, -0.2) is 0 Å². The maximum Gasteiger partial charge on any atom is 0.187 e. The molecule has 5 nitrogen and oxygen atoms in total. The summed E-state index contributed by atoms with van der Waals surface area (Å²) in [5.74, 6) is 0. The second kappa shape index (κ2) is 7.71. The SMILES string of the molecule is C=CCO[C@@H]1[C@@H](OCC=C)[C@@H]2OC[C@H](O2)[C@H]1OCC=C. The van der Waals surface area contributed by atoms with Crippen molar-refractivity contribution in [2.75, 3.05) is 26.4 Å². The fourth-order valence-corrected chi connectivity index (χ4v) is 2.44. The van der Waals surface area contributed by atoms with E-state index in [1.165, 1.54) is 0 Å². The molecular formula is C15H22O5. The number of hydrogen-bond acceptors (Lipinski definition) is 5. The van der Waals surface area contributed by atoms with Gasteiger partial charge in [-0.2, -0.15) is 0 Å². The van der Waals surface area contributed by atoms with Gasteiger partial charge in [-0.15, -0.1) is 19.7 Å². The number of rotatable bonds is 9. The van der Waals surface area contributed by atoms with Gasteiger partial charge in [-0.3, -0.25) is 0 Å². The van der Waals surface area contributed by atoms with Crippen LogP contribution in [0.25, 0.3) is 0 Å². The first-order valence-corrected chi connectivity index (χ1v) is 6.76. The van der Waals surface area contributed by atoms with E-state index in [2.05, 4.69) is 19.7 Å². The summed E-state index contributed by atoms with van der Waals surface area (Å²) in [7, 11) is 0. The monoisotopic (exact) mass is 282 g/mol. The van der Waals surface area contributed by atoms with Gasteiger partial charge in [0.15, 0.2) is 6.29 Å². The summed E-state index contributed by atoms with van der Waals surface area (Å²) in [4.78, 5) is 0. The predicted molar refractivity (Wildman–Crippen MR) is 74.4 cm³/mol. The molecule has 5 atom stereocenters. The van der Waals surface area contributed by atoms with Gasteiger partial charge in [-0.1, -0.05) is 18.2 Å². The third-order valence-corrected chi connectivity index (χ3v) is 3.24. The van der Waals surface area contributed by atoms with Crippen LogP contribution in [-0.4, -0.2) is 57.1 Å². The zero-order valence-corrected chi connectivity index (χ0v) is 11.6. The molecule has 0 aromatic rings. The Morgan fingerprint density at radius 3 is 2.00 bits per heavy atom. The summed E-state index contributed by atoms with van der Waals surface area (Å²) in [6.07, 6.45) is 3.67. The summed E-state index contributed by atoms with van der Waals surface area (Å²) in [5, 5.41) is 0. The highest BCUT2D eigenvalue weighted by molar-refractivity contribution is 4.97. The van der Waals surface area contributed by atoms with Crippen LogP contribution in [0, 0.1) is 0 Å². The van der Waals surface area contributed by atoms with Crippen molar-refractivity contribution >= 4 is 0 Å². The van der Waals surface area contributed by atoms with Crippen LogP contribution in [0.1, 0.15) is 0 Å². The van der Waals surface area contributed by atoms with Crippen molar-refractivity contribution in [3.8, 4) is 0 Å². The Kier molecular flexibility index (Phi) is 5.94. The van der Waals surface area contributed by atoms with Gasteiger partial charge in [0.05, 0.1) is 26.4 Å². The number of fused-ring (bicyclic) bond motifs is 2. The van der Waals surface area contributed by atoms with Crippen LogP contribution >= 0.6 is 0 Å². The minimum absolute atomic E-state index is 0.140. The molecule has 0 spiro atoms. The lowest BCUT2D eigenvalue weighted by Crippen LogP contribution is -2.57. The van der Waals surface area contributed by atoms with Crippen LogP contribution in [0.2, 0.25) is 0 Å². The molecule has 2 aliphatic heterocycles. The van der Waals surface area contributed by atoms with Gasteiger partial charge in [0.1, 0.15) is 24.4 Å². The summed E-state index contributed by atoms with van der Waals surface area (Å²) >= 11 is 0. The third kappa shape index (κ3) is 3.37. The molecule has 0 radical (unpaired) electrons. The Labute approximate surface area is 119 Å². The average Bonchev–Trinajstić information content (AvgIpc) is 2.89. The van der Waals surface area contributed by atoms with Crippen molar-refractivity contribution in [3.63, 3.8) is 0 Å². The Morgan fingerprint density at radius 2 is 1.40 bits per heavy atom. The second-order valence-electron chi connectivity index (χ2n) is 4.64. The molecule has 2 bridgehead atoms. The van der Waals surface area contributed by atoms with Crippen molar-refractivity contribution in [1.29, 1.82) is 0 Å². The van der Waals surface area contributed by atoms with Crippen LogP contribution in [0.15, 0.2) is 38.0 Å². The Morgan fingerprint density at radius 1 is 0.850 bits per heavy atom. The molecule has 2 saturated heterocycles. The van der Waals surface area contributed by atoms with Gasteiger partial charge in [0.2, 0.25) is 0 Å². The van der Waals surface area contributed by atoms with Crippen LogP contribution < -0.4 is 0 Å². The quantitative estimate of drug-likeness (QED) is 0.599. The van der Waals surface area contributed by atoms with E-state index in [4.69, 9.17) is 23.7 Å². The molecule has 0 aromatic carbocycles. The molecule has 2 fully saturated rings. The average molecular weight is 282 g/mol. The lowest BCUT2D eigenvalue weighted by molar-refractivity contribution is -0.256. The molecule has 112 valence electrons. The van der Waals surface area contributed by atoms with Gasteiger partial charge in [0, 0.05) is 0 Å². The van der Waals surface area contributed by atoms with Gasteiger partial charge in [0.25, 0.3) is 0 Å². The molecule has 0 saturated carbocycles. The summed E-state index contributed by atoms with van der Waals surface area (Å²) in [5.41, 5.74) is 0. The van der Waals surface area contributed by atoms with Gasteiger partial charge >= 0.3 is 0 Å². The standard InChI is InChI=1S/C15H22O5/c1-4-7-16-12-11-10-19-15(20-11)14(18-9-6-3)13(12)17-8-5-2/h4-6,11-15H,1-3,7-10H2/t11-,12+,13-,14+,15+/m0/s1. The number of ether oxygens (including phenoxy) is 5. The first-order valence-electron chi connectivity index (χ1n) is 6.76. The summed E-state index contributed by atoms with van der Waals surface area (Å²) < 4.78 is 28.8. The van der Waals surface area contributed by atoms with E-state index in [0.29, 0.717) is 26.4 Å². The Hall–Kier alpha value is -0.980.